The van der Waals surface area contributed by atoms with Gasteiger partial charge in [0.25, 0.3) is 0 Å². The van der Waals surface area contributed by atoms with E-state index in [1.54, 1.807) is 10.8 Å². The topological polar surface area (TPSA) is 72.1 Å². The highest BCUT2D eigenvalue weighted by Gasteiger charge is 2.37. The van der Waals surface area contributed by atoms with Crippen molar-refractivity contribution < 1.29 is 18.3 Å². The monoisotopic (exact) mass is 494 g/mol. The van der Waals surface area contributed by atoms with Gasteiger partial charge in [0.15, 0.2) is 11.6 Å². The summed E-state index contributed by atoms with van der Waals surface area (Å²) in [4.78, 5) is 16.8. The van der Waals surface area contributed by atoms with E-state index in [0.717, 1.165) is 18.1 Å². The molecule has 0 fully saturated rings. The Kier molecular flexibility index (Phi) is 6.17. The second-order valence-electron chi connectivity index (χ2n) is 8.98. The zero-order valence-corrected chi connectivity index (χ0v) is 19.5. The van der Waals surface area contributed by atoms with Gasteiger partial charge in [-0.15, -0.1) is 0 Å². The number of halogens is 3. The molecule has 1 unspecified atom stereocenters. The van der Waals surface area contributed by atoms with Crippen molar-refractivity contribution in [1.29, 1.82) is 0 Å². The largest absolute Gasteiger partial charge is 0.503 e. The minimum atomic E-state index is -4.38. The van der Waals surface area contributed by atoms with Gasteiger partial charge in [-0.2, -0.15) is 13.2 Å². The highest BCUT2D eigenvalue weighted by molar-refractivity contribution is 5.62. The van der Waals surface area contributed by atoms with Gasteiger partial charge in [0.05, 0.1) is 17.9 Å². The quantitative estimate of drug-likeness (QED) is 0.402. The van der Waals surface area contributed by atoms with E-state index in [2.05, 4.69) is 10.3 Å². The molecule has 2 atom stereocenters. The molecule has 0 radical (unpaired) electrons. The van der Waals surface area contributed by atoms with Gasteiger partial charge in [-0.05, 0) is 18.1 Å². The highest BCUT2D eigenvalue weighted by Crippen LogP contribution is 2.43. The van der Waals surface area contributed by atoms with Crippen LogP contribution in [0.4, 0.5) is 13.2 Å². The maximum atomic E-state index is 13.1. The Morgan fingerprint density at radius 1 is 1.06 bits per heavy atom. The molecule has 2 aromatic heterocycles. The molecule has 0 saturated heterocycles. The van der Waals surface area contributed by atoms with Gasteiger partial charge < -0.3 is 19.6 Å². The standard InChI is InChI=1S/C27H25F3N4O2/c1-17(27(28,29)30)31-14-20-15-32-26-24-25(36)22(35)12-13-33(24)21(16-34(20)26)23(18-8-4-2-5-9-18)19-10-6-3-7-11-19/h2-13,15,17,21,23,31,36H,14,16H2,1H3/t17?,21-/m1/s1. The van der Waals surface area contributed by atoms with E-state index in [1.165, 1.54) is 12.3 Å². The lowest BCUT2D eigenvalue weighted by Gasteiger charge is -2.36. The second kappa shape index (κ2) is 9.31. The van der Waals surface area contributed by atoms with Gasteiger partial charge in [-0.1, -0.05) is 60.7 Å². The molecule has 186 valence electrons. The minimum absolute atomic E-state index is 0.0699. The summed E-state index contributed by atoms with van der Waals surface area (Å²) >= 11 is 0. The van der Waals surface area contributed by atoms with E-state index < -0.39 is 23.4 Å². The van der Waals surface area contributed by atoms with Crippen LogP contribution >= 0.6 is 0 Å². The number of hydrogen-bond donors (Lipinski definition) is 2. The summed E-state index contributed by atoms with van der Waals surface area (Å²) in [7, 11) is 0. The van der Waals surface area contributed by atoms with Crippen molar-refractivity contribution in [2.75, 3.05) is 0 Å². The molecule has 1 aliphatic rings. The van der Waals surface area contributed by atoms with E-state index in [0.29, 0.717) is 18.1 Å². The average Bonchev–Trinajstić information content (AvgIpc) is 3.28. The van der Waals surface area contributed by atoms with Crippen molar-refractivity contribution in [1.82, 2.24) is 19.4 Å². The van der Waals surface area contributed by atoms with Gasteiger partial charge in [0, 0.05) is 31.3 Å². The number of imidazole rings is 1. The number of aromatic nitrogens is 3. The Labute approximate surface area is 205 Å². The number of nitrogens with zero attached hydrogens (tertiary/aromatic N) is 3. The average molecular weight is 495 g/mol. The molecule has 36 heavy (non-hydrogen) atoms. The van der Waals surface area contributed by atoms with Gasteiger partial charge in [-0.25, -0.2) is 4.98 Å². The summed E-state index contributed by atoms with van der Waals surface area (Å²) in [5, 5.41) is 13.3. The number of pyridine rings is 1. The van der Waals surface area contributed by atoms with Crippen LogP contribution in [0, 0.1) is 0 Å². The molecule has 4 aromatic rings. The van der Waals surface area contributed by atoms with Crippen LogP contribution in [0.2, 0.25) is 0 Å². The van der Waals surface area contributed by atoms with E-state index in [1.807, 2.05) is 65.2 Å². The third kappa shape index (κ3) is 4.30. The lowest BCUT2D eigenvalue weighted by atomic mass is 9.83. The van der Waals surface area contributed by atoms with Crippen LogP contribution < -0.4 is 10.7 Å². The van der Waals surface area contributed by atoms with E-state index in [9.17, 15) is 23.1 Å². The fourth-order valence-corrected chi connectivity index (χ4v) is 4.85. The van der Waals surface area contributed by atoms with E-state index >= 15 is 0 Å². The Balaban J connectivity index is 1.64. The van der Waals surface area contributed by atoms with Crippen molar-refractivity contribution >= 4 is 0 Å². The van der Waals surface area contributed by atoms with Crippen LogP contribution in [0.25, 0.3) is 11.5 Å². The first-order valence-corrected chi connectivity index (χ1v) is 11.6. The molecule has 2 aromatic carbocycles. The Hall–Kier alpha value is -3.85. The second-order valence-corrected chi connectivity index (χ2v) is 8.98. The lowest BCUT2D eigenvalue weighted by Crippen LogP contribution is -2.39. The number of alkyl halides is 3. The third-order valence-corrected chi connectivity index (χ3v) is 6.76. The van der Waals surface area contributed by atoms with Crippen LogP contribution in [0.1, 0.15) is 35.7 Å². The highest BCUT2D eigenvalue weighted by atomic mass is 19.4. The summed E-state index contributed by atoms with van der Waals surface area (Å²) in [6, 6.07) is 19.1. The first kappa shape index (κ1) is 23.9. The molecule has 6 nitrogen and oxygen atoms in total. The normalized spacial score (nSPS) is 16.0. The SMILES string of the molecule is CC(NCc1cnc2n1C[C@H](C(c1ccccc1)c1ccccc1)n1ccc(=O)c(O)c1-2)C(F)(F)F. The molecule has 3 heterocycles. The molecule has 1 aliphatic heterocycles. The molecule has 9 heteroatoms. The van der Waals surface area contributed by atoms with E-state index in [4.69, 9.17) is 0 Å². The number of benzene rings is 2. The third-order valence-electron chi connectivity index (χ3n) is 6.76. The maximum absolute atomic E-state index is 13.1. The summed E-state index contributed by atoms with van der Waals surface area (Å²) in [5.41, 5.74) is 2.31. The summed E-state index contributed by atoms with van der Waals surface area (Å²) in [6.07, 6.45) is -1.23. The lowest BCUT2D eigenvalue weighted by molar-refractivity contribution is -0.151. The van der Waals surface area contributed by atoms with Gasteiger partial charge >= 0.3 is 6.18 Å². The fourth-order valence-electron chi connectivity index (χ4n) is 4.85. The number of nitrogens with one attached hydrogen (secondary N) is 1. The molecule has 0 saturated carbocycles. The zero-order valence-electron chi connectivity index (χ0n) is 19.5. The molecular formula is C27H25F3N4O2. The molecule has 0 bridgehead atoms. The Morgan fingerprint density at radius 2 is 1.67 bits per heavy atom. The van der Waals surface area contributed by atoms with Crippen molar-refractivity contribution in [2.45, 2.75) is 44.2 Å². The van der Waals surface area contributed by atoms with Gasteiger partial charge in [0.1, 0.15) is 11.7 Å². The maximum Gasteiger partial charge on any atom is 0.403 e. The minimum Gasteiger partial charge on any atom is -0.503 e. The summed E-state index contributed by atoms with van der Waals surface area (Å²) < 4.78 is 43.0. The summed E-state index contributed by atoms with van der Waals surface area (Å²) in [5.74, 6) is -0.256. The predicted octanol–water partition coefficient (Wildman–Crippen LogP) is 4.84. The molecule has 5 rings (SSSR count). The van der Waals surface area contributed by atoms with Crippen molar-refractivity contribution in [2.24, 2.45) is 0 Å². The first-order chi connectivity index (χ1) is 17.3. The molecule has 0 amide bonds. The van der Waals surface area contributed by atoms with Gasteiger partial charge in [-0.3, -0.25) is 4.79 Å². The van der Waals surface area contributed by atoms with Crippen LogP contribution in [0.5, 0.6) is 5.75 Å². The smallest absolute Gasteiger partial charge is 0.403 e. The molecular weight excluding hydrogens is 469 g/mol. The molecule has 2 N–H and O–H groups in total. The molecule has 0 aliphatic carbocycles. The van der Waals surface area contributed by atoms with Gasteiger partial charge in [0.2, 0.25) is 5.43 Å². The van der Waals surface area contributed by atoms with Crippen LogP contribution in [-0.4, -0.2) is 31.4 Å². The molecule has 0 spiro atoms. The van der Waals surface area contributed by atoms with E-state index in [-0.39, 0.29) is 24.2 Å². The summed E-state index contributed by atoms with van der Waals surface area (Å²) in [6.45, 7) is 1.38. The predicted molar refractivity (Wildman–Crippen MR) is 130 cm³/mol. The fraction of sp³-hybridized carbons (Fsp3) is 0.259. The number of hydrogen-bond acceptors (Lipinski definition) is 4. The zero-order chi connectivity index (χ0) is 25.4. The number of aromatic hydroxyl groups is 1. The first-order valence-electron chi connectivity index (χ1n) is 11.6. The van der Waals surface area contributed by atoms with Crippen LogP contribution in [0.15, 0.2) is 83.9 Å². The number of fused-ring (bicyclic) bond motifs is 3. The van der Waals surface area contributed by atoms with Crippen LogP contribution in [-0.2, 0) is 13.1 Å². The number of rotatable bonds is 6. The van der Waals surface area contributed by atoms with Crippen molar-refractivity contribution in [3.8, 4) is 17.3 Å². The van der Waals surface area contributed by atoms with Crippen LogP contribution in [0.3, 0.4) is 0 Å². The van der Waals surface area contributed by atoms with Crippen molar-refractivity contribution in [3.63, 3.8) is 0 Å². The Morgan fingerprint density at radius 3 is 2.25 bits per heavy atom. The Bertz CT molecular complexity index is 1380. The van der Waals surface area contributed by atoms with Crippen molar-refractivity contribution in [3.05, 3.63) is 106 Å².